The Hall–Kier alpha value is -2.41. The Morgan fingerprint density at radius 3 is 2.07 bits per heavy atom. The van der Waals surface area contributed by atoms with E-state index in [9.17, 15) is 4.39 Å². The molecule has 0 unspecified atom stereocenters. The second-order valence-corrected chi connectivity index (χ2v) is 7.54. The number of hydrogen-bond acceptors (Lipinski definition) is 6. The lowest BCUT2D eigenvalue weighted by molar-refractivity contribution is 0.270. The predicted octanol–water partition coefficient (Wildman–Crippen LogP) is 2.39. The number of aromatic nitrogens is 2. The van der Waals surface area contributed by atoms with Crippen molar-refractivity contribution in [1.82, 2.24) is 14.9 Å². The first-order chi connectivity index (χ1) is 13.6. The van der Waals surface area contributed by atoms with Gasteiger partial charge in [0.05, 0.1) is 0 Å². The van der Waals surface area contributed by atoms with Gasteiger partial charge in [0.15, 0.2) is 0 Å². The molecule has 6 nitrogen and oxygen atoms in total. The molecule has 0 atom stereocenters. The van der Waals surface area contributed by atoms with E-state index in [0.29, 0.717) is 0 Å². The Bertz CT molecular complexity index is 780. The van der Waals surface area contributed by atoms with Gasteiger partial charge in [-0.1, -0.05) is 6.92 Å². The van der Waals surface area contributed by atoms with Crippen LogP contribution in [0.2, 0.25) is 0 Å². The summed E-state index contributed by atoms with van der Waals surface area (Å²) in [5.74, 6) is 1.68. The zero-order valence-electron chi connectivity index (χ0n) is 16.8. The summed E-state index contributed by atoms with van der Waals surface area (Å²) in [5, 5.41) is 0. The molecule has 1 aromatic carbocycles. The molecule has 0 radical (unpaired) electrons. The van der Waals surface area contributed by atoms with Crippen LogP contribution in [0.5, 0.6) is 0 Å². The molecule has 2 aliphatic rings. The zero-order valence-corrected chi connectivity index (χ0v) is 16.8. The minimum absolute atomic E-state index is 0.189. The number of aryl methyl sites for hydroxylation is 1. The maximum atomic E-state index is 13.2. The van der Waals surface area contributed by atoms with Gasteiger partial charge in [0.2, 0.25) is 5.95 Å². The van der Waals surface area contributed by atoms with Crippen LogP contribution in [0.25, 0.3) is 0 Å². The molecule has 2 saturated heterocycles. The molecular formula is C21H29FN6. The van der Waals surface area contributed by atoms with Gasteiger partial charge >= 0.3 is 0 Å². The van der Waals surface area contributed by atoms with E-state index in [0.717, 1.165) is 82.1 Å². The third-order valence-corrected chi connectivity index (χ3v) is 5.73. The summed E-state index contributed by atoms with van der Waals surface area (Å²) in [7, 11) is 0. The van der Waals surface area contributed by atoms with Gasteiger partial charge < -0.3 is 19.6 Å². The number of benzene rings is 1. The zero-order chi connectivity index (χ0) is 19.5. The lowest BCUT2D eigenvalue weighted by Gasteiger charge is -2.38. The summed E-state index contributed by atoms with van der Waals surface area (Å²) >= 11 is 0. The van der Waals surface area contributed by atoms with Crippen molar-refractivity contribution in [3.05, 3.63) is 41.8 Å². The van der Waals surface area contributed by atoms with Crippen LogP contribution in [0.4, 0.5) is 21.8 Å². The third kappa shape index (κ3) is 4.19. The molecule has 2 aliphatic heterocycles. The molecule has 0 spiro atoms. The minimum atomic E-state index is -0.189. The van der Waals surface area contributed by atoms with Crippen molar-refractivity contribution in [2.75, 3.05) is 73.6 Å². The van der Waals surface area contributed by atoms with Gasteiger partial charge in [-0.25, -0.2) is 9.37 Å². The largest absolute Gasteiger partial charge is 0.368 e. The number of likely N-dealkylation sites (N-methyl/N-ethyl adjacent to an activating group) is 1. The second kappa shape index (κ2) is 8.31. The van der Waals surface area contributed by atoms with Gasteiger partial charge in [0, 0.05) is 69.8 Å². The molecule has 1 aromatic heterocycles. The summed E-state index contributed by atoms with van der Waals surface area (Å²) in [6.07, 6.45) is 0. The van der Waals surface area contributed by atoms with Crippen LogP contribution in [0.1, 0.15) is 12.6 Å². The standard InChI is InChI=1S/C21H29FN6/c1-3-25-8-10-28(11-9-25)21-23-17(2)16-20(24-21)27-14-12-26(13-15-27)19-6-4-18(22)5-7-19/h4-7,16H,3,8-15H2,1-2H3. The number of anilines is 3. The quantitative estimate of drug-likeness (QED) is 0.806. The van der Waals surface area contributed by atoms with Crippen LogP contribution in [0.3, 0.4) is 0 Å². The van der Waals surface area contributed by atoms with Crippen molar-refractivity contribution in [3.8, 4) is 0 Å². The maximum Gasteiger partial charge on any atom is 0.227 e. The summed E-state index contributed by atoms with van der Waals surface area (Å²) < 4.78 is 13.2. The second-order valence-electron chi connectivity index (χ2n) is 7.54. The van der Waals surface area contributed by atoms with E-state index in [-0.39, 0.29) is 5.82 Å². The molecular weight excluding hydrogens is 355 g/mol. The molecule has 0 amide bonds. The molecule has 0 bridgehead atoms. The highest BCUT2D eigenvalue weighted by Crippen LogP contribution is 2.22. The van der Waals surface area contributed by atoms with Gasteiger partial charge in [-0.05, 0) is 37.7 Å². The van der Waals surface area contributed by atoms with Crippen molar-refractivity contribution in [1.29, 1.82) is 0 Å². The predicted molar refractivity (Wildman–Crippen MR) is 112 cm³/mol. The van der Waals surface area contributed by atoms with Gasteiger partial charge in [-0.3, -0.25) is 0 Å². The van der Waals surface area contributed by atoms with Crippen LogP contribution in [0.15, 0.2) is 30.3 Å². The summed E-state index contributed by atoms with van der Waals surface area (Å²) in [4.78, 5) is 19.0. The van der Waals surface area contributed by atoms with E-state index in [1.807, 2.05) is 19.1 Å². The van der Waals surface area contributed by atoms with Crippen LogP contribution in [-0.4, -0.2) is 73.8 Å². The Morgan fingerprint density at radius 1 is 0.821 bits per heavy atom. The molecule has 3 heterocycles. The number of hydrogen-bond donors (Lipinski definition) is 0. The number of halogens is 1. The smallest absolute Gasteiger partial charge is 0.227 e. The highest BCUT2D eigenvalue weighted by atomic mass is 19.1. The highest BCUT2D eigenvalue weighted by Gasteiger charge is 2.22. The van der Waals surface area contributed by atoms with Crippen LogP contribution < -0.4 is 14.7 Å². The first-order valence-corrected chi connectivity index (χ1v) is 10.2. The van der Waals surface area contributed by atoms with E-state index in [1.165, 1.54) is 12.1 Å². The lowest BCUT2D eigenvalue weighted by Crippen LogP contribution is -2.48. The molecule has 7 heteroatoms. The normalized spacial score (nSPS) is 18.6. The van der Waals surface area contributed by atoms with E-state index in [1.54, 1.807) is 0 Å². The number of piperazine rings is 2. The van der Waals surface area contributed by atoms with Crippen LogP contribution in [-0.2, 0) is 0 Å². The van der Waals surface area contributed by atoms with Crippen molar-refractivity contribution in [3.63, 3.8) is 0 Å². The fourth-order valence-corrected chi connectivity index (χ4v) is 3.95. The molecule has 2 aromatic rings. The Kier molecular flexibility index (Phi) is 5.62. The fraction of sp³-hybridized carbons (Fsp3) is 0.524. The molecule has 28 heavy (non-hydrogen) atoms. The average molecular weight is 385 g/mol. The van der Waals surface area contributed by atoms with E-state index >= 15 is 0 Å². The van der Waals surface area contributed by atoms with Gasteiger partial charge in [-0.2, -0.15) is 4.98 Å². The topological polar surface area (TPSA) is 38.7 Å². The maximum absolute atomic E-state index is 13.2. The molecule has 0 N–H and O–H groups in total. The lowest BCUT2D eigenvalue weighted by atomic mass is 10.2. The fourth-order valence-electron chi connectivity index (χ4n) is 3.95. The number of rotatable bonds is 4. The van der Waals surface area contributed by atoms with Crippen LogP contribution >= 0.6 is 0 Å². The Balaban J connectivity index is 1.42. The van der Waals surface area contributed by atoms with E-state index in [4.69, 9.17) is 9.97 Å². The molecule has 2 fully saturated rings. The van der Waals surface area contributed by atoms with Crippen molar-refractivity contribution < 1.29 is 4.39 Å². The van der Waals surface area contributed by atoms with Crippen molar-refractivity contribution in [2.45, 2.75) is 13.8 Å². The minimum Gasteiger partial charge on any atom is -0.368 e. The van der Waals surface area contributed by atoms with Gasteiger partial charge in [0.25, 0.3) is 0 Å². The van der Waals surface area contributed by atoms with E-state index in [2.05, 4.69) is 32.6 Å². The Labute approximate surface area is 166 Å². The van der Waals surface area contributed by atoms with Crippen molar-refractivity contribution in [2.24, 2.45) is 0 Å². The molecule has 150 valence electrons. The SMILES string of the molecule is CCN1CCN(c2nc(C)cc(N3CCN(c4ccc(F)cc4)CC3)n2)CC1. The first kappa shape index (κ1) is 18.9. The molecule has 0 saturated carbocycles. The first-order valence-electron chi connectivity index (χ1n) is 10.2. The highest BCUT2D eigenvalue weighted by molar-refractivity contribution is 5.51. The summed E-state index contributed by atoms with van der Waals surface area (Å²) in [5.41, 5.74) is 2.09. The van der Waals surface area contributed by atoms with Crippen molar-refractivity contribution >= 4 is 17.5 Å². The summed E-state index contributed by atoms with van der Waals surface area (Å²) in [6, 6.07) is 8.85. The van der Waals surface area contributed by atoms with E-state index < -0.39 is 0 Å². The molecule has 0 aliphatic carbocycles. The Morgan fingerprint density at radius 2 is 1.43 bits per heavy atom. The third-order valence-electron chi connectivity index (χ3n) is 5.73. The summed E-state index contributed by atoms with van der Waals surface area (Å²) in [6.45, 7) is 13.1. The monoisotopic (exact) mass is 384 g/mol. The molecule has 4 rings (SSSR count). The van der Waals surface area contributed by atoms with Gasteiger partial charge in [-0.15, -0.1) is 0 Å². The van der Waals surface area contributed by atoms with Crippen LogP contribution in [0, 0.1) is 12.7 Å². The average Bonchev–Trinajstić information content (AvgIpc) is 2.74. The number of nitrogens with zero attached hydrogens (tertiary/aromatic N) is 6. The van der Waals surface area contributed by atoms with Gasteiger partial charge in [0.1, 0.15) is 11.6 Å².